The van der Waals surface area contributed by atoms with Gasteiger partial charge in [-0.3, -0.25) is 9.36 Å². The molecule has 0 saturated carbocycles. The number of aliphatic hydroxyl groups is 1. The Balaban J connectivity index is 2.06. The Labute approximate surface area is 147 Å². The number of aromatic hydroxyl groups is 1. The highest BCUT2D eigenvalue weighted by Gasteiger charge is 2.26. The minimum absolute atomic E-state index is 0.0511. The summed E-state index contributed by atoms with van der Waals surface area (Å²) in [6, 6.07) is 3.65. The third-order valence-electron chi connectivity index (χ3n) is 4.25. The molecule has 0 saturated heterocycles. The summed E-state index contributed by atoms with van der Waals surface area (Å²) in [6.07, 6.45) is 0.680. The summed E-state index contributed by atoms with van der Waals surface area (Å²) in [5.41, 5.74) is 7.20. The minimum Gasteiger partial charge on any atom is -0.493 e. The topological polar surface area (TPSA) is 137 Å². The normalized spacial score (nSPS) is 13.8. The summed E-state index contributed by atoms with van der Waals surface area (Å²) < 4.78 is 15.2. The van der Waals surface area contributed by atoms with E-state index in [-0.39, 0.29) is 23.8 Å². The lowest BCUT2D eigenvalue weighted by atomic mass is 10.1. The van der Waals surface area contributed by atoms with Crippen molar-refractivity contribution >= 4 is 16.9 Å². The lowest BCUT2D eigenvalue weighted by Crippen LogP contribution is -2.27. The number of carboxylic acid groups (broad SMARTS) is 1. The summed E-state index contributed by atoms with van der Waals surface area (Å²) in [7, 11) is 0. The Hall–Kier alpha value is -2.91. The fourth-order valence-electron chi connectivity index (χ4n) is 2.92. The van der Waals surface area contributed by atoms with Gasteiger partial charge in [0.2, 0.25) is 5.88 Å². The molecule has 0 radical (unpaired) electrons. The van der Waals surface area contributed by atoms with Gasteiger partial charge in [0.1, 0.15) is 23.9 Å². The number of aliphatic hydroxyl groups excluding tert-OH is 1. The molecule has 0 spiro atoms. The first-order chi connectivity index (χ1) is 12.3. The predicted molar refractivity (Wildman–Crippen MR) is 91.2 cm³/mol. The minimum atomic E-state index is -1.19. The number of hydrogen-bond acceptors (Lipinski definition) is 5. The zero-order valence-electron chi connectivity index (χ0n) is 14.0. The first-order valence-corrected chi connectivity index (χ1v) is 7.97. The average Bonchev–Trinajstić information content (AvgIpc) is 3.11. The lowest BCUT2D eigenvalue weighted by molar-refractivity contribution is -0.137. The molecule has 26 heavy (non-hydrogen) atoms. The molecule has 3 aromatic rings. The Morgan fingerprint density at radius 1 is 1.46 bits per heavy atom. The third kappa shape index (κ3) is 3.14. The van der Waals surface area contributed by atoms with Crippen LogP contribution in [-0.2, 0) is 17.8 Å². The first-order valence-electron chi connectivity index (χ1n) is 7.97. The van der Waals surface area contributed by atoms with Crippen LogP contribution in [0, 0.1) is 5.82 Å². The smallest absolute Gasteiger partial charge is 0.323 e. The predicted octanol–water partition coefficient (Wildman–Crippen LogP) is 1.27. The van der Waals surface area contributed by atoms with Crippen LogP contribution in [0.3, 0.4) is 0 Å². The molecular weight excluding hydrogens is 343 g/mol. The number of nitrogens with zero attached hydrogens (tertiary/aromatic N) is 2. The molecule has 2 aromatic heterocycles. The van der Waals surface area contributed by atoms with Crippen LogP contribution in [0.1, 0.15) is 30.0 Å². The Kier molecular flexibility index (Phi) is 4.66. The van der Waals surface area contributed by atoms with Crippen molar-refractivity contribution in [2.24, 2.45) is 5.73 Å². The van der Waals surface area contributed by atoms with Gasteiger partial charge in [-0.05, 0) is 24.6 Å². The third-order valence-corrected chi connectivity index (χ3v) is 4.25. The van der Waals surface area contributed by atoms with E-state index in [0.717, 1.165) is 4.57 Å². The molecule has 0 fully saturated rings. The number of benzene rings is 1. The number of aromatic amines is 1. The highest BCUT2D eigenvalue weighted by Crippen LogP contribution is 2.29. The van der Waals surface area contributed by atoms with E-state index in [1.54, 1.807) is 18.3 Å². The molecule has 3 rings (SSSR count). The van der Waals surface area contributed by atoms with Crippen LogP contribution in [0.5, 0.6) is 5.88 Å². The van der Waals surface area contributed by atoms with E-state index in [4.69, 9.17) is 10.8 Å². The molecule has 8 nitrogen and oxygen atoms in total. The number of imidazole rings is 1. The van der Waals surface area contributed by atoms with Crippen molar-refractivity contribution in [3.05, 3.63) is 47.3 Å². The summed E-state index contributed by atoms with van der Waals surface area (Å²) >= 11 is 0. The van der Waals surface area contributed by atoms with E-state index >= 15 is 0 Å². The van der Waals surface area contributed by atoms with Crippen molar-refractivity contribution in [1.82, 2.24) is 14.5 Å². The SMILES string of the molecule is C[C@@H](O)[C@@H](N)c1nc(Cc2c[nH]c3cccc(F)c23)c(O)n1CC(=O)O. The molecule has 0 amide bonds. The van der Waals surface area contributed by atoms with Crippen LogP contribution in [0.25, 0.3) is 10.9 Å². The van der Waals surface area contributed by atoms with E-state index in [1.807, 2.05) is 0 Å². The van der Waals surface area contributed by atoms with Crippen LogP contribution in [0.2, 0.25) is 0 Å². The molecule has 0 aliphatic carbocycles. The van der Waals surface area contributed by atoms with E-state index in [1.165, 1.54) is 13.0 Å². The van der Waals surface area contributed by atoms with Crippen LogP contribution >= 0.6 is 0 Å². The molecule has 138 valence electrons. The Bertz CT molecular complexity index is 963. The second-order valence-electron chi connectivity index (χ2n) is 6.14. The monoisotopic (exact) mass is 362 g/mol. The van der Waals surface area contributed by atoms with E-state index in [2.05, 4.69) is 9.97 Å². The Morgan fingerprint density at radius 2 is 2.19 bits per heavy atom. The highest BCUT2D eigenvalue weighted by molar-refractivity contribution is 5.84. The number of H-pyrrole nitrogens is 1. The van der Waals surface area contributed by atoms with Gasteiger partial charge < -0.3 is 26.0 Å². The summed E-state index contributed by atoms with van der Waals surface area (Å²) in [5, 5.41) is 29.6. The van der Waals surface area contributed by atoms with Gasteiger partial charge in [-0.15, -0.1) is 0 Å². The molecule has 0 bridgehead atoms. The van der Waals surface area contributed by atoms with Gasteiger partial charge in [0.15, 0.2) is 0 Å². The molecule has 2 heterocycles. The number of halogens is 1. The quantitative estimate of drug-likeness (QED) is 0.448. The van der Waals surface area contributed by atoms with Crippen LogP contribution in [-0.4, -0.2) is 41.9 Å². The molecule has 9 heteroatoms. The van der Waals surface area contributed by atoms with Crippen molar-refractivity contribution in [2.45, 2.75) is 32.0 Å². The largest absolute Gasteiger partial charge is 0.493 e. The summed E-state index contributed by atoms with van der Waals surface area (Å²) in [6.45, 7) is 0.882. The van der Waals surface area contributed by atoms with Crippen LogP contribution in [0.15, 0.2) is 24.4 Å². The van der Waals surface area contributed by atoms with E-state index in [9.17, 15) is 19.4 Å². The molecular formula is C17H19FN4O4. The zero-order valence-corrected chi connectivity index (χ0v) is 14.0. The molecule has 1 aromatic carbocycles. The molecule has 2 atom stereocenters. The Morgan fingerprint density at radius 3 is 2.85 bits per heavy atom. The van der Waals surface area contributed by atoms with Crippen molar-refractivity contribution in [3.63, 3.8) is 0 Å². The van der Waals surface area contributed by atoms with Crippen molar-refractivity contribution < 1.29 is 24.5 Å². The van der Waals surface area contributed by atoms with Gasteiger partial charge in [-0.2, -0.15) is 0 Å². The number of fused-ring (bicyclic) bond motifs is 1. The number of aromatic nitrogens is 3. The maximum atomic E-state index is 14.1. The van der Waals surface area contributed by atoms with Gasteiger partial charge in [0.05, 0.1) is 12.1 Å². The van der Waals surface area contributed by atoms with Crippen molar-refractivity contribution in [2.75, 3.05) is 0 Å². The fraction of sp³-hybridized carbons (Fsp3) is 0.294. The summed E-state index contributed by atoms with van der Waals surface area (Å²) in [4.78, 5) is 18.3. The number of carbonyl (C=O) groups is 1. The average molecular weight is 362 g/mol. The summed E-state index contributed by atoms with van der Waals surface area (Å²) in [5.74, 6) is -1.93. The lowest BCUT2D eigenvalue weighted by Gasteiger charge is -2.15. The number of nitrogens with one attached hydrogen (secondary N) is 1. The van der Waals surface area contributed by atoms with Gasteiger partial charge in [-0.1, -0.05) is 6.07 Å². The van der Waals surface area contributed by atoms with E-state index in [0.29, 0.717) is 16.5 Å². The highest BCUT2D eigenvalue weighted by atomic mass is 19.1. The molecule has 0 aliphatic rings. The number of hydrogen-bond donors (Lipinski definition) is 5. The maximum Gasteiger partial charge on any atom is 0.323 e. The van der Waals surface area contributed by atoms with Gasteiger partial charge in [0, 0.05) is 23.5 Å². The van der Waals surface area contributed by atoms with Crippen molar-refractivity contribution in [1.29, 1.82) is 0 Å². The molecule has 0 unspecified atom stereocenters. The zero-order chi connectivity index (χ0) is 19.0. The van der Waals surface area contributed by atoms with Gasteiger partial charge in [0.25, 0.3) is 0 Å². The second-order valence-corrected chi connectivity index (χ2v) is 6.14. The number of nitrogens with two attached hydrogens (primary N) is 1. The second kappa shape index (κ2) is 6.77. The van der Waals surface area contributed by atoms with E-state index < -0.39 is 30.5 Å². The van der Waals surface area contributed by atoms with Gasteiger partial charge >= 0.3 is 5.97 Å². The van der Waals surface area contributed by atoms with Crippen LogP contribution in [0.4, 0.5) is 4.39 Å². The number of carboxylic acids is 1. The van der Waals surface area contributed by atoms with Gasteiger partial charge in [-0.25, -0.2) is 9.37 Å². The first kappa shape index (κ1) is 17.9. The number of rotatable bonds is 6. The molecule has 6 N–H and O–H groups in total. The van der Waals surface area contributed by atoms with Crippen LogP contribution < -0.4 is 5.73 Å². The van der Waals surface area contributed by atoms with Crippen molar-refractivity contribution in [3.8, 4) is 5.88 Å². The standard InChI is InChI=1S/C17H19FN4O4/c1-8(23)15(19)16-21-12(17(26)22(16)7-13(24)25)5-9-6-20-11-4-2-3-10(18)14(9)11/h2-4,6,8,15,20,23,26H,5,7,19H2,1H3,(H,24,25)/t8-,15-/m1/s1. The maximum absolute atomic E-state index is 14.1. The molecule has 0 aliphatic heterocycles. The fourth-order valence-corrected chi connectivity index (χ4v) is 2.92. The number of aliphatic carboxylic acids is 1.